The Balaban J connectivity index is 1.80. The number of unbranched alkanes of at least 4 members (excludes halogenated alkanes) is 3. The molecular weight excluding hydrogens is 518 g/mol. The van der Waals surface area contributed by atoms with E-state index in [1.54, 1.807) is 18.2 Å². The third kappa shape index (κ3) is 6.41. The molecule has 0 saturated heterocycles. The molecule has 214 valence electrons. The molecular formula is C33H43N3O3S. The summed E-state index contributed by atoms with van der Waals surface area (Å²) in [5.74, 6) is 1.01. The zero-order chi connectivity index (χ0) is 29.0. The maximum absolute atomic E-state index is 14.1. The normalized spacial score (nSPS) is 12.2. The number of rotatable bonds is 12. The summed E-state index contributed by atoms with van der Waals surface area (Å²) in [6.45, 7) is 15.5. The molecule has 0 aliphatic heterocycles. The highest BCUT2D eigenvalue weighted by Gasteiger charge is 2.30. The van der Waals surface area contributed by atoms with Crippen LogP contribution in [0.5, 0.6) is 5.75 Å². The summed E-state index contributed by atoms with van der Waals surface area (Å²) in [4.78, 5) is 9.66. The second kappa shape index (κ2) is 12.5. The average molecular weight is 562 g/mol. The van der Waals surface area contributed by atoms with E-state index >= 15 is 0 Å². The Labute approximate surface area is 239 Å². The first-order chi connectivity index (χ1) is 19.0. The number of anilines is 1. The minimum absolute atomic E-state index is 0.00825. The summed E-state index contributed by atoms with van der Waals surface area (Å²) in [5.41, 5.74) is 6.42. The number of ether oxygens (including phenoxy) is 1. The molecule has 1 N–H and O–H groups in total. The summed E-state index contributed by atoms with van der Waals surface area (Å²) in [5, 5.41) is 0. The fourth-order valence-corrected chi connectivity index (χ4v) is 6.89. The van der Waals surface area contributed by atoms with Gasteiger partial charge in [-0.1, -0.05) is 79.9 Å². The maximum atomic E-state index is 14.1. The van der Waals surface area contributed by atoms with Gasteiger partial charge in [0, 0.05) is 11.6 Å². The topological polar surface area (TPSA) is 81.2 Å². The van der Waals surface area contributed by atoms with Crippen LogP contribution in [-0.4, -0.2) is 25.0 Å². The zero-order valence-electron chi connectivity index (χ0n) is 24.9. The van der Waals surface area contributed by atoms with Gasteiger partial charge >= 0.3 is 0 Å². The first-order valence-electron chi connectivity index (χ1n) is 14.6. The molecule has 1 heterocycles. The van der Waals surface area contributed by atoms with Crippen molar-refractivity contribution in [3.8, 4) is 5.75 Å². The first-order valence-corrected chi connectivity index (χ1v) is 16.0. The van der Waals surface area contributed by atoms with Crippen molar-refractivity contribution in [3.05, 3.63) is 65.2 Å². The molecule has 0 aliphatic rings. The van der Waals surface area contributed by atoms with Crippen molar-refractivity contribution in [3.63, 3.8) is 0 Å². The van der Waals surface area contributed by atoms with Gasteiger partial charge in [-0.2, -0.15) is 0 Å². The van der Waals surface area contributed by atoms with E-state index in [9.17, 15) is 8.42 Å². The van der Waals surface area contributed by atoms with Gasteiger partial charge in [0.2, 0.25) is 0 Å². The molecule has 0 unspecified atom stereocenters. The van der Waals surface area contributed by atoms with Crippen molar-refractivity contribution in [1.82, 2.24) is 9.97 Å². The van der Waals surface area contributed by atoms with E-state index in [1.165, 1.54) is 6.42 Å². The lowest BCUT2D eigenvalue weighted by atomic mass is 9.82. The van der Waals surface area contributed by atoms with Crippen molar-refractivity contribution >= 4 is 37.8 Å². The van der Waals surface area contributed by atoms with Crippen LogP contribution in [0.15, 0.2) is 53.4 Å². The van der Waals surface area contributed by atoms with Gasteiger partial charge in [-0.25, -0.2) is 18.4 Å². The molecule has 0 spiro atoms. The second-order valence-corrected chi connectivity index (χ2v) is 13.2. The zero-order valence-corrected chi connectivity index (χ0v) is 25.7. The third-order valence-corrected chi connectivity index (χ3v) is 8.66. The molecule has 0 bridgehead atoms. The van der Waals surface area contributed by atoms with Crippen LogP contribution < -0.4 is 9.46 Å². The highest BCUT2D eigenvalue weighted by atomic mass is 32.2. The smallest absolute Gasteiger partial charge is 0.262 e. The summed E-state index contributed by atoms with van der Waals surface area (Å²) in [7, 11) is -3.94. The van der Waals surface area contributed by atoms with Gasteiger partial charge in [-0.3, -0.25) is 4.72 Å². The number of hydrogen-bond donors (Lipinski definition) is 1. The lowest BCUT2D eigenvalue weighted by Crippen LogP contribution is -2.19. The lowest BCUT2D eigenvalue weighted by molar-refractivity contribution is 0.299. The predicted molar refractivity (Wildman–Crippen MR) is 166 cm³/mol. The Morgan fingerprint density at radius 2 is 1.32 bits per heavy atom. The Morgan fingerprint density at radius 3 is 1.93 bits per heavy atom. The molecule has 6 nitrogen and oxygen atoms in total. The molecule has 0 amide bonds. The lowest BCUT2D eigenvalue weighted by Gasteiger charge is -2.28. The van der Waals surface area contributed by atoms with Gasteiger partial charge < -0.3 is 4.74 Å². The van der Waals surface area contributed by atoms with Crippen molar-refractivity contribution in [1.29, 1.82) is 0 Å². The predicted octanol–water partition coefficient (Wildman–Crippen LogP) is 8.91. The number of sulfonamides is 1. The fourth-order valence-electron chi connectivity index (χ4n) is 5.44. The largest absolute Gasteiger partial charge is 0.493 e. The van der Waals surface area contributed by atoms with E-state index in [-0.39, 0.29) is 22.6 Å². The van der Waals surface area contributed by atoms with E-state index < -0.39 is 10.0 Å². The van der Waals surface area contributed by atoms with Crippen molar-refractivity contribution in [2.75, 3.05) is 11.3 Å². The van der Waals surface area contributed by atoms with Crippen LogP contribution in [0.1, 0.15) is 109 Å². The molecule has 0 saturated carbocycles. The Morgan fingerprint density at radius 1 is 0.725 bits per heavy atom. The molecule has 0 aliphatic carbocycles. The molecule has 0 atom stereocenters. The first kappa shape index (κ1) is 29.8. The minimum atomic E-state index is -3.94. The van der Waals surface area contributed by atoms with E-state index in [0.29, 0.717) is 29.1 Å². The van der Waals surface area contributed by atoms with Crippen LogP contribution in [0, 0.1) is 0 Å². The number of fused-ring (bicyclic) bond motifs is 2. The van der Waals surface area contributed by atoms with Gasteiger partial charge in [-0.15, -0.1) is 0 Å². The van der Waals surface area contributed by atoms with Crippen LogP contribution in [0.25, 0.3) is 22.1 Å². The van der Waals surface area contributed by atoms with Crippen LogP contribution in [0.4, 0.5) is 5.69 Å². The maximum Gasteiger partial charge on any atom is 0.262 e. The number of nitrogens with zero attached hydrogens (tertiary/aromatic N) is 2. The SMILES string of the molecule is CCCCCCOc1cc(S(=O)(=O)Nc2ccc3nc4ccccc4nc3c2)c(C(C)C)c(C(C)C)c1C(C)C. The van der Waals surface area contributed by atoms with Gasteiger partial charge in [0.1, 0.15) is 5.75 Å². The van der Waals surface area contributed by atoms with Gasteiger partial charge in [0.15, 0.2) is 0 Å². The number of benzene rings is 3. The molecule has 4 rings (SSSR count). The Kier molecular flexibility index (Phi) is 9.34. The monoisotopic (exact) mass is 561 g/mol. The minimum Gasteiger partial charge on any atom is -0.493 e. The van der Waals surface area contributed by atoms with Crippen LogP contribution in [0.3, 0.4) is 0 Å². The van der Waals surface area contributed by atoms with E-state index in [1.807, 2.05) is 30.3 Å². The summed E-state index contributed by atoms with van der Waals surface area (Å²) in [6, 6.07) is 14.7. The second-order valence-electron chi connectivity index (χ2n) is 11.5. The van der Waals surface area contributed by atoms with Gasteiger partial charge in [0.25, 0.3) is 10.0 Å². The molecule has 1 aromatic heterocycles. The van der Waals surface area contributed by atoms with E-state index in [0.717, 1.165) is 47.0 Å². The number of hydrogen-bond acceptors (Lipinski definition) is 5. The summed E-state index contributed by atoms with van der Waals surface area (Å²) in [6.07, 6.45) is 4.37. The molecule has 4 aromatic rings. The van der Waals surface area contributed by atoms with Crippen LogP contribution >= 0.6 is 0 Å². The molecule has 0 fully saturated rings. The molecule has 3 aromatic carbocycles. The number of nitrogens with one attached hydrogen (secondary N) is 1. The van der Waals surface area contributed by atoms with Crippen molar-refractivity contribution in [2.24, 2.45) is 0 Å². The van der Waals surface area contributed by atoms with E-state index in [4.69, 9.17) is 9.72 Å². The molecule has 0 radical (unpaired) electrons. The molecule has 7 heteroatoms. The quantitative estimate of drug-likeness (QED) is 0.138. The highest BCUT2D eigenvalue weighted by molar-refractivity contribution is 7.92. The van der Waals surface area contributed by atoms with Crippen molar-refractivity contribution in [2.45, 2.75) is 96.8 Å². The number of para-hydroxylation sites is 2. The third-order valence-electron chi connectivity index (χ3n) is 7.24. The van der Waals surface area contributed by atoms with E-state index in [2.05, 4.69) is 58.2 Å². The van der Waals surface area contributed by atoms with Gasteiger partial charge in [0.05, 0.1) is 39.3 Å². The summed E-state index contributed by atoms with van der Waals surface area (Å²) < 4.78 is 37.4. The summed E-state index contributed by atoms with van der Waals surface area (Å²) >= 11 is 0. The fraction of sp³-hybridized carbons (Fsp3) is 0.455. The van der Waals surface area contributed by atoms with Gasteiger partial charge in [-0.05, 0) is 65.6 Å². The molecule has 40 heavy (non-hydrogen) atoms. The highest BCUT2D eigenvalue weighted by Crippen LogP contribution is 2.43. The number of aromatic nitrogens is 2. The average Bonchev–Trinajstić information content (AvgIpc) is 2.90. The van der Waals surface area contributed by atoms with Crippen LogP contribution in [-0.2, 0) is 10.0 Å². The Bertz CT molecular complexity index is 1590. The Hall–Kier alpha value is -3.19. The van der Waals surface area contributed by atoms with Crippen LogP contribution in [0.2, 0.25) is 0 Å². The standard InChI is InChI=1S/C33H43N3O3S/c1-8-9-10-13-18-39-29-20-30(32(22(4)5)33(23(6)7)31(29)21(2)3)40(37,38)36-24-16-17-27-28(19-24)35-26-15-12-11-14-25(26)34-27/h11-12,14-17,19-23,36H,8-10,13,18H2,1-7H3. The van der Waals surface area contributed by atoms with Crippen molar-refractivity contribution < 1.29 is 13.2 Å².